The third kappa shape index (κ3) is 6.84. The second-order valence-electron chi connectivity index (χ2n) is 9.99. The number of benzene rings is 2. The standard InChI is InChI=1S/C26H31N3O6S2/c1-26(2,3)35-25(31)27-20(13-17-9-6-5-7-10-17)23(30)28-24-29(18-11-8-12-19(14-18)34-4)21-15-37(32,33)16-22(21)36-24/h5-12,14,20-22H,13,15-16H2,1-4H3,(H,27,31). The molecule has 2 aliphatic rings. The molecule has 4 rings (SSSR count). The molecule has 1 N–H and O–H groups in total. The molecule has 0 bridgehead atoms. The number of anilines is 1. The predicted octanol–water partition coefficient (Wildman–Crippen LogP) is 3.43. The number of nitrogens with zero attached hydrogens (tertiary/aromatic N) is 2. The summed E-state index contributed by atoms with van der Waals surface area (Å²) in [5, 5.41) is 2.81. The van der Waals surface area contributed by atoms with Crippen molar-refractivity contribution in [2.75, 3.05) is 23.5 Å². The van der Waals surface area contributed by atoms with Gasteiger partial charge in [-0.25, -0.2) is 13.2 Å². The molecule has 2 fully saturated rings. The van der Waals surface area contributed by atoms with Gasteiger partial charge in [-0.1, -0.05) is 48.2 Å². The molecule has 0 spiro atoms. The average molecular weight is 546 g/mol. The van der Waals surface area contributed by atoms with Crippen LogP contribution in [-0.4, -0.2) is 67.1 Å². The van der Waals surface area contributed by atoms with Crippen molar-refractivity contribution in [3.8, 4) is 5.75 Å². The van der Waals surface area contributed by atoms with E-state index in [1.54, 1.807) is 51.0 Å². The van der Waals surface area contributed by atoms with Crippen molar-refractivity contribution in [2.24, 2.45) is 4.99 Å². The predicted molar refractivity (Wildman–Crippen MR) is 145 cm³/mol. The van der Waals surface area contributed by atoms with E-state index in [4.69, 9.17) is 9.47 Å². The largest absolute Gasteiger partial charge is 0.497 e. The second-order valence-corrected chi connectivity index (χ2v) is 13.4. The Morgan fingerprint density at radius 1 is 1.14 bits per heavy atom. The number of rotatable bonds is 6. The molecule has 2 amide bonds. The summed E-state index contributed by atoms with van der Waals surface area (Å²) in [4.78, 5) is 32.3. The summed E-state index contributed by atoms with van der Waals surface area (Å²) in [5.41, 5.74) is 0.801. The number of methoxy groups -OCH3 is 1. The highest BCUT2D eigenvalue weighted by molar-refractivity contribution is 8.16. The third-order valence-electron chi connectivity index (χ3n) is 5.88. The quantitative estimate of drug-likeness (QED) is 0.587. The number of ether oxygens (including phenoxy) is 2. The number of aliphatic imine (C=N–C) groups is 1. The first-order chi connectivity index (χ1) is 17.4. The van der Waals surface area contributed by atoms with Crippen molar-refractivity contribution >= 4 is 44.5 Å². The lowest BCUT2D eigenvalue weighted by molar-refractivity contribution is -0.119. The molecule has 0 aromatic heterocycles. The van der Waals surface area contributed by atoms with Gasteiger partial charge in [0.15, 0.2) is 15.0 Å². The number of thioether (sulfide) groups is 1. The van der Waals surface area contributed by atoms with Crippen LogP contribution in [0.25, 0.3) is 0 Å². The van der Waals surface area contributed by atoms with Crippen LogP contribution in [0.4, 0.5) is 10.5 Å². The minimum atomic E-state index is -3.21. The molecule has 2 saturated heterocycles. The number of nitrogens with one attached hydrogen (secondary N) is 1. The van der Waals surface area contributed by atoms with Crippen molar-refractivity contribution in [1.82, 2.24) is 5.32 Å². The third-order valence-corrected chi connectivity index (χ3v) is 9.09. The summed E-state index contributed by atoms with van der Waals surface area (Å²) in [6, 6.07) is 15.2. The van der Waals surface area contributed by atoms with Gasteiger partial charge in [0.25, 0.3) is 5.91 Å². The first-order valence-electron chi connectivity index (χ1n) is 11.9. The maximum absolute atomic E-state index is 13.5. The fourth-order valence-corrected chi connectivity index (χ4v) is 8.22. The average Bonchev–Trinajstić information content (AvgIpc) is 3.28. The minimum absolute atomic E-state index is 0.0135. The highest BCUT2D eigenvalue weighted by Gasteiger charge is 2.49. The summed E-state index contributed by atoms with van der Waals surface area (Å²) >= 11 is 1.27. The molecule has 0 aliphatic carbocycles. The van der Waals surface area contributed by atoms with E-state index in [2.05, 4.69) is 10.3 Å². The Bertz CT molecular complexity index is 1290. The Morgan fingerprint density at radius 3 is 2.54 bits per heavy atom. The number of amides is 2. The fourth-order valence-electron chi connectivity index (χ4n) is 4.30. The second kappa shape index (κ2) is 10.7. The molecule has 0 saturated carbocycles. The van der Waals surface area contributed by atoms with E-state index >= 15 is 0 Å². The van der Waals surface area contributed by atoms with Gasteiger partial charge < -0.3 is 19.7 Å². The van der Waals surface area contributed by atoms with E-state index in [9.17, 15) is 18.0 Å². The van der Waals surface area contributed by atoms with Crippen LogP contribution in [-0.2, 0) is 25.8 Å². The molecular formula is C26H31N3O6S2. The lowest BCUT2D eigenvalue weighted by atomic mass is 10.1. The molecule has 3 atom stereocenters. The van der Waals surface area contributed by atoms with E-state index in [0.29, 0.717) is 16.6 Å². The highest BCUT2D eigenvalue weighted by atomic mass is 32.2. The Kier molecular flexibility index (Phi) is 7.84. The van der Waals surface area contributed by atoms with Crippen LogP contribution in [0.15, 0.2) is 59.6 Å². The SMILES string of the molecule is COc1cccc(N2C(=NC(=O)C(Cc3ccccc3)NC(=O)OC(C)(C)C)SC3CS(=O)(=O)CC32)c1. The number of hydrogen-bond acceptors (Lipinski definition) is 7. The van der Waals surface area contributed by atoms with Crippen LogP contribution >= 0.6 is 11.8 Å². The zero-order valence-corrected chi connectivity index (χ0v) is 22.8. The van der Waals surface area contributed by atoms with E-state index in [0.717, 1.165) is 5.56 Å². The summed E-state index contributed by atoms with van der Waals surface area (Å²) < 4.78 is 35.5. The Balaban J connectivity index is 1.66. The van der Waals surface area contributed by atoms with E-state index in [1.165, 1.54) is 11.8 Å². The van der Waals surface area contributed by atoms with Crippen molar-refractivity contribution in [1.29, 1.82) is 0 Å². The van der Waals surface area contributed by atoms with Crippen LogP contribution in [0.3, 0.4) is 0 Å². The summed E-state index contributed by atoms with van der Waals surface area (Å²) in [6.07, 6.45) is -0.491. The Morgan fingerprint density at radius 2 is 1.86 bits per heavy atom. The van der Waals surface area contributed by atoms with E-state index < -0.39 is 33.5 Å². The zero-order chi connectivity index (χ0) is 26.8. The van der Waals surface area contributed by atoms with Crippen molar-refractivity contribution in [3.63, 3.8) is 0 Å². The number of amidine groups is 1. The molecule has 11 heteroatoms. The Hall–Kier alpha value is -3.05. The molecule has 9 nitrogen and oxygen atoms in total. The smallest absolute Gasteiger partial charge is 0.408 e. The molecule has 2 aromatic carbocycles. The van der Waals surface area contributed by atoms with Crippen LogP contribution in [0, 0.1) is 0 Å². The van der Waals surface area contributed by atoms with Gasteiger partial charge in [-0.05, 0) is 38.5 Å². The number of alkyl carbamates (subject to hydrolysis) is 1. The lowest BCUT2D eigenvalue weighted by Gasteiger charge is -2.25. The number of sulfone groups is 1. The van der Waals surface area contributed by atoms with Gasteiger partial charge in [0, 0.05) is 23.4 Å². The molecule has 2 heterocycles. The van der Waals surface area contributed by atoms with Gasteiger partial charge in [0.1, 0.15) is 17.4 Å². The number of hydrogen-bond donors (Lipinski definition) is 1. The molecule has 37 heavy (non-hydrogen) atoms. The molecule has 198 valence electrons. The number of fused-ring (bicyclic) bond motifs is 1. The molecule has 0 radical (unpaired) electrons. The monoisotopic (exact) mass is 545 g/mol. The topological polar surface area (TPSA) is 114 Å². The maximum atomic E-state index is 13.5. The van der Waals surface area contributed by atoms with Gasteiger partial charge in [-0.15, -0.1) is 0 Å². The van der Waals surface area contributed by atoms with Crippen molar-refractivity contribution in [3.05, 3.63) is 60.2 Å². The summed E-state index contributed by atoms with van der Waals surface area (Å²) in [6.45, 7) is 5.23. The van der Waals surface area contributed by atoms with Crippen LogP contribution < -0.4 is 15.0 Å². The van der Waals surface area contributed by atoms with Gasteiger partial charge in [0.2, 0.25) is 0 Å². The first kappa shape index (κ1) is 27.0. The molecule has 3 unspecified atom stereocenters. The van der Waals surface area contributed by atoms with E-state index in [-0.39, 0.29) is 29.2 Å². The fraction of sp³-hybridized carbons (Fsp3) is 0.423. The van der Waals surface area contributed by atoms with Gasteiger partial charge in [0.05, 0.1) is 24.7 Å². The highest BCUT2D eigenvalue weighted by Crippen LogP contribution is 2.41. The van der Waals surface area contributed by atoms with Gasteiger partial charge in [-0.3, -0.25) is 4.79 Å². The van der Waals surface area contributed by atoms with Gasteiger partial charge >= 0.3 is 6.09 Å². The van der Waals surface area contributed by atoms with Crippen molar-refractivity contribution in [2.45, 2.75) is 50.1 Å². The number of carbonyl (C=O) groups excluding carboxylic acids is 2. The first-order valence-corrected chi connectivity index (χ1v) is 14.6. The summed E-state index contributed by atoms with van der Waals surface area (Å²) in [7, 11) is -1.66. The Labute approximate surface area is 221 Å². The lowest BCUT2D eigenvalue weighted by Crippen LogP contribution is -2.45. The normalized spacial score (nSPS) is 22.4. The molecule has 2 aromatic rings. The molecule has 2 aliphatic heterocycles. The maximum Gasteiger partial charge on any atom is 0.408 e. The molecular weight excluding hydrogens is 514 g/mol. The van der Waals surface area contributed by atoms with Crippen molar-refractivity contribution < 1.29 is 27.5 Å². The van der Waals surface area contributed by atoms with E-state index in [1.807, 2.05) is 36.4 Å². The van der Waals surface area contributed by atoms with Crippen LogP contribution in [0.2, 0.25) is 0 Å². The van der Waals surface area contributed by atoms with Crippen LogP contribution in [0.1, 0.15) is 26.3 Å². The zero-order valence-electron chi connectivity index (χ0n) is 21.2. The minimum Gasteiger partial charge on any atom is -0.497 e. The van der Waals surface area contributed by atoms with Gasteiger partial charge in [-0.2, -0.15) is 4.99 Å². The van der Waals surface area contributed by atoms with Crippen LogP contribution in [0.5, 0.6) is 5.75 Å². The number of carbonyl (C=O) groups is 2. The summed E-state index contributed by atoms with van der Waals surface area (Å²) in [5.74, 6) is 0.0390.